The molecule has 0 fully saturated rings. The summed E-state index contributed by atoms with van der Waals surface area (Å²) in [6.07, 6.45) is 0.831. The van der Waals surface area contributed by atoms with Gasteiger partial charge in [0.05, 0.1) is 13.6 Å². The van der Waals surface area contributed by atoms with Crippen molar-refractivity contribution in [1.82, 2.24) is 25.5 Å². The maximum Gasteiger partial charge on any atom is 0.251 e. The van der Waals surface area contributed by atoms with Crippen LogP contribution in [0.1, 0.15) is 21.7 Å². The lowest BCUT2D eigenvalue weighted by Gasteiger charge is -2.19. The Morgan fingerprint density at radius 1 is 1.47 bits per heavy atom. The Morgan fingerprint density at radius 2 is 2.37 bits per heavy atom. The summed E-state index contributed by atoms with van der Waals surface area (Å²) in [5.74, 6) is 0.614. The molecule has 0 radical (unpaired) electrons. The van der Waals surface area contributed by atoms with Crippen molar-refractivity contribution in [1.29, 1.82) is 0 Å². The molecule has 19 heavy (non-hydrogen) atoms. The predicted octanol–water partition coefficient (Wildman–Crippen LogP) is 0.108. The van der Waals surface area contributed by atoms with E-state index in [1.807, 2.05) is 18.2 Å². The number of rotatable bonds is 3. The fourth-order valence-corrected chi connectivity index (χ4v) is 2.20. The van der Waals surface area contributed by atoms with E-state index in [4.69, 9.17) is 0 Å². The maximum absolute atomic E-state index is 11.7. The van der Waals surface area contributed by atoms with Crippen molar-refractivity contribution in [2.45, 2.75) is 13.0 Å². The molecule has 1 aliphatic heterocycles. The number of nitrogens with zero attached hydrogens (tertiary/aromatic N) is 4. The zero-order valence-corrected chi connectivity index (χ0v) is 10.6. The molecule has 1 aliphatic rings. The number of hydrogen-bond acceptors (Lipinski definition) is 5. The van der Waals surface area contributed by atoms with Gasteiger partial charge in [-0.15, -0.1) is 10.2 Å². The lowest BCUT2D eigenvalue weighted by molar-refractivity contribution is 0.0946. The van der Waals surface area contributed by atoms with Gasteiger partial charge in [-0.3, -0.25) is 4.79 Å². The third-order valence-corrected chi connectivity index (χ3v) is 3.07. The first-order chi connectivity index (χ1) is 9.24. The van der Waals surface area contributed by atoms with E-state index in [9.17, 15) is 4.79 Å². The summed E-state index contributed by atoms with van der Waals surface area (Å²) in [4.78, 5) is 13.2. The molecule has 7 heteroatoms. The Morgan fingerprint density at radius 3 is 3.16 bits per heavy atom. The summed E-state index contributed by atoms with van der Waals surface area (Å²) in [6.45, 7) is 1.17. The molecule has 2 aromatic rings. The van der Waals surface area contributed by atoms with E-state index < -0.39 is 0 Å². The quantitative estimate of drug-likeness (QED) is 0.816. The summed E-state index contributed by atoms with van der Waals surface area (Å²) in [7, 11) is 1.73. The standard InChI is InChI=1S/C12H14N6O/c1-18-16-11(15-17-18)7-14-10-4-2-3-9-8(10)5-6-13-12(9)19/h2-4,14H,5-7H2,1H3,(H,13,19). The molecule has 0 aliphatic carbocycles. The Bertz CT molecular complexity index is 620. The number of hydrogen-bond donors (Lipinski definition) is 2. The Balaban J connectivity index is 1.81. The van der Waals surface area contributed by atoms with Crippen molar-refractivity contribution in [3.8, 4) is 0 Å². The number of carbonyl (C=O) groups is 1. The van der Waals surface area contributed by atoms with Gasteiger partial charge in [0, 0.05) is 17.8 Å². The molecule has 0 unspecified atom stereocenters. The van der Waals surface area contributed by atoms with Crippen molar-refractivity contribution in [2.75, 3.05) is 11.9 Å². The second-order valence-electron chi connectivity index (χ2n) is 4.39. The average Bonchev–Trinajstić information content (AvgIpc) is 2.83. The second-order valence-corrected chi connectivity index (χ2v) is 4.39. The molecule has 7 nitrogen and oxygen atoms in total. The summed E-state index contributed by atoms with van der Waals surface area (Å²) < 4.78 is 0. The third-order valence-electron chi connectivity index (χ3n) is 3.07. The molecule has 2 heterocycles. The first-order valence-corrected chi connectivity index (χ1v) is 6.11. The van der Waals surface area contributed by atoms with Crippen LogP contribution >= 0.6 is 0 Å². The van der Waals surface area contributed by atoms with Crippen molar-refractivity contribution < 1.29 is 4.79 Å². The number of aryl methyl sites for hydroxylation is 1. The van der Waals surface area contributed by atoms with Gasteiger partial charge in [-0.1, -0.05) is 6.07 Å². The number of nitrogens with one attached hydrogen (secondary N) is 2. The highest BCUT2D eigenvalue weighted by Crippen LogP contribution is 2.23. The van der Waals surface area contributed by atoms with E-state index in [2.05, 4.69) is 26.0 Å². The molecule has 1 amide bonds. The lowest BCUT2D eigenvalue weighted by atomic mass is 9.98. The van der Waals surface area contributed by atoms with Crippen LogP contribution in [-0.4, -0.2) is 32.7 Å². The molecular weight excluding hydrogens is 244 g/mol. The third kappa shape index (κ3) is 2.26. The van der Waals surface area contributed by atoms with Gasteiger partial charge < -0.3 is 10.6 Å². The number of benzene rings is 1. The lowest BCUT2D eigenvalue weighted by Crippen LogP contribution is -2.32. The van der Waals surface area contributed by atoms with Gasteiger partial charge in [0.15, 0.2) is 5.82 Å². The van der Waals surface area contributed by atoms with Gasteiger partial charge in [0.2, 0.25) is 0 Å². The highest BCUT2D eigenvalue weighted by atomic mass is 16.1. The number of amides is 1. The Kier molecular flexibility index (Phi) is 2.86. The summed E-state index contributed by atoms with van der Waals surface area (Å²) in [5.41, 5.74) is 2.75. The molecule has 1 aromatic carbocycles. The molecule has 1 aromatic heterocycles. The first kappa shape index (κ1) is 11.6. The van der Waals surface area contributed by atoms with Crippen molar-refractivity contribution in [3.63, 3.8) is 0 Å². The van der Waals surface area contributed by atoms with Crippen LogP contribution in [0, 0.1) is 0 Å². The number of tetrazole rings is 1. The van der Waals surface area contributed by atoms with Gasteiger partial charge in [-0.25, -0.2) is 0 Å². The molecule has 0 saturated heterocycles. The van der Waals surface area contributed by atoms with Crippen LogP contribution in [0.3, 0.4) is 0 Å². The van der Waals surface area contributed by atoms with Gasteiger partial charge in [0.25, 0.3) is 5.91 Å². The summed E-state index contributed by atoms with van der Waals surface area (Å²) in [6, 6.07) is 5.68. The molecule has 0 atom stereocenters. The second kappa shape index (κ2) is 4.68. The molecule has 0 bridgehead atoms. The zero-order chi connectivity index (χ0) is 13.2. The predicted molar refractivity (Wildman–Crippen MR) is 68.6 cm³/mol. The van der Waals surface area contributed by atoms with Crippen LogP contribution in [0.2, 0.25) is 0 Å². The van der Waals surface area contributed by atoms with E-state index in [1.165, 1.54) is 4.80 Å². The van der Waals surface area contributed by atoms with Crippen LogP contribution in [0.25, 0.3) is 0 Å². The minimum atomic E-state index is -0.0115. The topological polar surface area (TPSA) is 84.7 Å². The van der Waals surface area contributed by atoms with Gasteiger partial charge in [-0.2, -0.15) is 4.80 Å². The highest BCUT2D eigenvalue weighted by molar-refractivity contribution is 5.98. The van der Waals surface area contributed by atoms with Crippen molar-refractivity contribution in [3.05, 3.63) is 35.2 Å². The normalized spacial score (nSPS) is 13.8. The molecule has 98 valence electrons. The Labute approximate surface area is 110 Å². The van der Waals surface area contributed by atoms with E-state index >= 15 is 0 Å². The minimum absolute atomic E-state index is 0.0115. The smallest absolute Gasteiger partial charge is 0.251 e. The number of fused-ring (bicyclic) bond motifs is 1. The summed E-state index contributed by atoms with van der Waals surface area (Å²) >= 11 is 0. The Hall–Kier alpha value is -2.44. The zero-order valence-electron chi connectivity index (χ0n) is 10.6. The highest BCUT2D eigenvalue weighted by Gasteiger charge is 2.18. The number of aromatic nitrogens is 4. The monoisotopic (exact) mass is 258 g/mol. The molecule has 0 spiro atoms. The minimum Gasteiger partial charge on any atom is -0.377 e. The van der Waals surface area contributed by atoms with Crippen LogP contribution in [-0.2, 0) is 20.0 Å². The van der Waals surface area contributed by atoms with Crippen LogP contribution in [0.5, 0.6) is 0 Å². The van der Waals surface area contributed by atoms with Crippen molar-refractivity contribution >= 4 is 11.6 Å². The van der Waals surface area contributed by atoms with Gasteiger partial charge >= 0.3 is 0 Å². The first-order valence-electron chi connectivity index (χ1n) is 6.11. The fourth-order valence-electron chi connectivity index (χ4n) is 2.20. The van der Waals surface area contributed by atoms with Gasteiger partial charge in [-0.05, 0) is 29.3 Å². The molecule has 2 N–H and O–H groups in total. The van der Waals surface area contributed by atoms with Crippen LogP contribution < -0.4 is 10.6 Å². The van der Waals surface area contributed by atoms with Crippen LogP contribution in [0.4, 0.5) is 5.69 Å². The molecule has 3 rings (SSSR count). The van der Waals surface area contributed by atoms with Crippen LogP contribution in [0.15, 0.2) is 18.2 Å². The average molecular weight is 258 g/mol. The maximum atomic E-state index is 11.7. The number of carbonyl (C=O) groups excluding carboxylic acids is 1. The fraction of sp³-hybridized carbons (Fsp3) is 0.333. The number of anilines is 1. The van der Waals surface area contributed by atoms with E-state index in [1.54, 1.807) is 7.05 Å². The molecule has 0 saturated carbocycles. The van der Waals surface area contributed by atoms with Gasteiger partial charge in [0.1, 0.15) is 0 Å². The SMILES string of the molecule is Cn1nnc(CNc2cccc3c2CCNC3=O)n1. The van der Waals surface area contributed by atoms with E-state index in [-0.39, 0.29) is 5.91 Å². The van der Waals surface area contributed by atoms with E-state index in [0.29, 0.717) is 18.9 Å². The largest absolute Gasteiger partial charge is 0.377 e. The van der Waals surface area contributed by atoms with Crippen molar-refractivity contribution in [2.24, 2.45) is 7.05 Å². The summed E-state index contributed by atoms with van der Waals surface area (Å²) in [5, 5.41) is 17.9. The molecular formula is C12H14N6O. The van der Waals surface area contributed by atoms with E-state index in [0.717, 1.165) is 23.2 Å².